The average Bonchev–Trinajstić information content (AvgIpc) is 3.30. The number of rotatable bonds is 9. The van der Waals surface area contributed by atoms with Gasteiger partial charge in [0.1, 0.15) is 44.5 Å². The van der Waals surface area contributed by atoms with Gasteiger partial charge in [-0.05, 0) is 57.5 Å². The summed E-state index contributed by atoms with van der Waals surface area (Å²) in [4.78, 5) is 23.2. The molecule has 0 aliphatic heterocycles. The summed E-state index contributed by atoms with van der Waals surface area (Å²) in [5.41, 5.74) is 1.62. The zero-order valence-electron chi connectivity index (χ0n) is 22.8. The zero-order valence-corrected chi connectivity index (χ0v) is 23.6. The van der Waals surface area contributed by atoms with Gasteiger partial charge in [-0.2, -0.15) is 5.10 Å². The maximum Gasteiger partial charge on any atom is 0.248 e. The number of aryl methyl sites for hydroxylation is 2. The van der Waals surface area contributed by atoms with E-state index in [4.69, 9.17) is 33.9 Å². The second-order valence-electron chi connectivity index (χ2n) is 9.83. The van der Waals surface area contributed by atoms with Gasteiger partial charge in [0.15, 0.2) is 5.82 Å². The number of pyridine rings is 1. The van der Waals surface area contributed by atoms with Crippen LogP contribution < -0.4 is 4.74 Å². The fraction of sp³-hybridized carbons (Fsp3) is 0.357. The van der Waals surface area contributed by atoms with Crippen molar-refractivity contribution in [3.8, 4) is 17.1 Å². The van der Waals surface area contributed by atoms with E-state index in [0.29, 0.717) is 28.2 Å². The van der Waals surface area contributed by atoms with E-state index in [1.165, 1.54) is 23.4 Å². The van der Waals surface area contributed by atoms with Gasteiger partial charge in [0.05, 0.1) is 11.1 Å². The molecule has 2 aromatic carbocycles. The molecule has 1 amide bonds. The van der Waals surface area contributed by atoms with E-state index in [-0.39, 0.29) is 30.2 Å². The van der Waals surface area contributed by atoms with Gasteiger partial charge < -0.3 is 14.4 Å². The highest BCUT2D eigenvalue weighted by Crippen LogP contribution is 2.36. The summed E-state index contributed by atoms with van der Waals surface area (Å²) < 4.78 is 27.9. The van der Waals surface area contributed by atoms with Crippen LogP contribution in [0.2, 0.25) is 5.02 Å². The number of ether oxygens (including phenoxy) is 2. The van der Waals surface area contributed by atoms with Crippen molar-refractivity contribution in [1.29, 1.82) is 0 Å². The van der Waals surface area contributed by atoms with Crippen LogP contribution in [-0.4, -0.2) is 58.2 Å². The van der Waals surface area contributed by atoms with Gasteiger partial charge in [-0.25, -0.2) is 19.0 Å². The van der Waals surface area contributed by atoms with Crippen molar-refractivity contribution in [3.05, 3.63) is 70.4 Å². The van der Waals surface area contributed by atoms with Crippen LogP contribution in [0.15, 0.2) is 42.7 Å². The molecule has 1 atom stereocenters. The van der Waals surface area contributed by atoms with Crippen LogP contribution >= 0.6 is 11.6 Å². The lowest BCUT2D eigenvalue weighted by atomic mass is 9.70. The Morgan fingerprint density at radius 2 is 2.03 bits per heavy atom. The van der Waals surface area contributed by atoms with Crippen LogP contribution in [0.1, 0.15) is 37.6 Å². The number of carbonyl (C=O) groups excluding carboxylic acids is 1. The molecule has 202 valence electrons. The van der Waals surface area contributed by atoms with Crippen molar-refractivity contribution in [2.24, 2.45) is 7.05 Å². The smallest absolute Gasteiger partial charge is 0.248 e. The van der Waals surface area contributed by atoms with E-state index < -0.39 is 11.3 Å². The minimum atomic E-state index is -1.41. The molecule has 2 aromatic heterocycles. The monoisotopic (exact) mass is 549 g/mol. The third-order valence-corrected chi connectivity index (χ3v) is 6.91. The number of para-hydroxylation sites is 1. The minimum absolute atomic E-state index is 0.0419. The lowest BCUT2D eigenvalue weighted by Crippen LogP contribution is -2.47. The first-order chi connectivity index (χ1) is 18.4. The summed E-state index contributed by atoms with van der Waals surface area (Å²) >= 11 is 6.51. The summed E-state index contributed by atoms with van der Waals surface area (Å²) in [6.07, 6.45) is 1.36. The van der Waals surface area contributed by atoms with Gasteiger partial charge in [0, 0.05) is 41.7 Å². The Morgan fingerprint density at radius 3 is 2.69 bits per heavy atom. The number of carbonyl (C=O) groups is 1. The van der Waals surface area contributed by atoms with Gasteiger partial charge in [0.2, 0.25) is 5.91 Å². The first kappa shape index (κ1) is 28.5. The third-order valence-electron chi connectivity index (χ3n) is 6.57. The van der Waals surface area contributed by atoms with Crippen molar-refractivity contribution < 1.29 is 18.7 Å². The molecule has 4 aromatic rings. The molecule has 0 aliphatic carbocycles. The van der Waals surface area contributed by atoms with Crippen molar-refractivity contribution in [3.63, 3.8) is 0 Å². The molecule has 8 nitrogen and oxygen atoms in total. The molecule has 0 saturated heterocycles. The van der Waals surface area contributed by atoms with E-state index in [9.17, 15) is 9.18 Å². The number of amides is 1. The molecule has 4 rings (SSSR count). The normalized spacial score (nSPS) is 13.1. The molecule has 2 radical (unpaired) electrons. The number of aromatic nitrogens is 4. The fourth-order valence-electron chi connectivity index (χ4n) is 4.32. The highest BCUT2D eigenvalue weighted by atomic mass is 35.5. The largest absolute Gasteiger partial charge is 0.487 e. The number of likely N-dealkylation sites (N-methyl/N-ethyl adjacent to an activating group) is 1. The molecule has 0 aliphatic rings. The first-order valence-electron chi connectivity index (χ1n) is 12.4. The van der Waals surface area contributed by atoms with Crippen LogP contribution in [0.4, 0.5) is 4.39 Å². The van der Waals surface area contributed by atoms with Crippen molar-refractivity contribution >= 4 is 36.3 Å². The lowest BCUT2D eigenvalue weighted by Gasteiger charge is -2.38. The van der Waals surface area contributed by atoms with E-state index in [1.807, 2.05) is 46.0 Å². The average molecular weight is 550 g/mol. The second-order valence-corrected chi connectivity index (χ2v) is 10.2. The number of fused-ring (bicyclic) bond motifs is 1. The summed E-state index contributed by atoms with van der Waals surface area (Å²) in [5, 5.41) is 5.15. The maximum atomic E-state index is 14.6. The second kappa shape index (κ2) is 11.3. The summed E-state index contributed by atoms with van der Waals surface area (Å²) in [7, 11) is 10.0. The Hall–Kier alpha value is -3.50. The van der Waals surface area contributed by atoms with Crippen LogP contribution in [0, 0.1) is 12.7 Å². The molecule has 0 bridgehead atoms. The quantitative estimate of drug-likeness (QED) is 0.275. The minimum Gasteiger partial charge on any atom is -0.487 e. The summed E-state index contributed by atoms with van der Waals surface area (Å²) in [6.45, 7) is 6.96. The zero-order chi connectivity index (χ0) is 28.5. The molecule has 2 heterocycles. The molecular formula is C28H30BClFN5O3. The van der Waals surface area contributed by atoms with Crippen molar-refractivity contribution in [1.82, 2.24) is 24.6 Å². The van der Waals surface area contributed by atoms with Crippen LogP contribution in [0.25, 0.3) is 22.3 Å². The van der Waals surface area contributed by atoms with E-state index in [2.05, 4.69) is 10.1 Å². The third kappa shape index (κ3) is 5.92. The number of nitrogens with zero attached hydrogens (tertiary/aromatic N) is 5. The SMILES string of the molecule is [B][C@](C)(c1cc(F)cc(Cl)c1COc1cccc2c(-c3ncnn3C)cc(C)nc12)N(C)C(=O)COC(C)C. The number of hydrogen-bond donors (Lipinski definition) is 0. The Balaban J connectivity index is 1.71. The van der Waals surface area contributed by atoms with Gasteiger partial charge in [-0.3, -0.25) is 4.79 Å². The Bertz CT molecular complexity index is 1520. The topological polar surface area (TPSA) is 82.4 Å². The van der Waals surface area contributed by atoms with Gasteiger partial charge in [-0.1, -0.05) is 23.7 Å². The maximum absolute atomic E-state index is 14.6. The van der Waals surface area contributed by atoms with Gasteiger partial charge >= 0.3 is 0 Å². The Labute approximate surface area is 233 Å². The first-order valence-corrected chi connectivity index (χ1v) is 12.8. The molecular weight excluding hydrogens is 520 g/mol. The lowest BCUT2D eigenvalue weighted by molar-refractivity contribution is -0.139. The fourth-order valence-corrected chi connectivity index (χ4v) is 4.58. The van der Waals surface area contributed by atoms with Crippen molar-refractivity contribution in [2.75, 3.05) is 13.7 Å². The molecule has 39 heavy (non-hydrogen) atoms. The Morgan fingerprint density at radius 1 is 1.28 bits per heavy atom. The standard InChI is InChI=1S/C28H30BClFN5O3/c1-16(2)38-14-25(37)35(5)28(4,29)22-11-18(31)12-23(30)21(22)13-39-24-9-7-8-19-20(10-17(3)34-26(19)24)27-32-15-33-36(27)6/h7-12,15-16H,13-14H2,1-6H3/t28-/m0/s1. The molecule has 11 heteroatoms. The van der Waals surface area contributed by atoms with Crippen molar-refractivity contribution in [2.45, 2.75) is 45.8 Å². The molecule has 0 unspecified atom stereocenters. The number of benzene rings is 2. The molecule has 0 spiro atoms. The van der Waals surface area contributed by atoms with Gasteiger partial charge in [-0.15, -0.1) is 0 Å². The van der Waals surface area contributed by atoms with E-state index in [1.54, 1.807) is 24.7 Å². The van der Waals surface area contributed by atoms with Gasteiger partial charge in [0.25, 0.3) is 0 Å². The number of hydrogen-bond acceptors (Lipinski definition) is 6. The number of halogens is 2. The summed E-state index contributed by atoms with van der Waals surface area (Å²) in [6, 6.07) is 10.0. The molecule has 0 saturated carbocycles. The predicted octanol–water partition coefficient (Wildman–Crippen LogP) is 4.93. The highest BCUT2D eigenvalue weighted by Gasteiger charge is 2.33. The van der Waals surface area contributed by atoms with E-state index in [0.717, 1.165) is 16.6 Å². The van der Waals surface area contributed by atoms with E-state index >= 15 is 0 Å². The predicted molar refractivity (Wildman–Crippen MR) is 149 cm³/mol. The summed E-state index contributed by atoms with van der Waals surface area (Å²) in [5.74, 6) is 0.260. The Kier molecular flexibility index (Phi) is 8.27. The van der Waals surface area contributed by atoms with Crippen LogP contribution in [0.3, 0.4) is 0 Å². The van der Waals surface area contributed by atoms with Crippen LogP contribution in [0.5, 0.6) is 5.75 Å². The molecule has 0 N–H and O–H groups in total. The highest BCUT2D eigenvalue weighted by molar-refractivity contribution is 6.31. The molecule has 0 fully saturated rings. The van der Waals surface area contributed by atoms with Crippen LogP contribution in [-0.2, 0) is 28.6 Å².